The number of nitrogens with two attached hydrogens (primary N) is 1. The van der Waals surface area contributed by atoms with Gasteiger partial charge in [0, 0.05) is 16.6 Å². The van der Waals surface area contributed by atoms with Gasteiger partial charge in [-0.15, -0.1) is 0 Å². The van der Waals surface area contributed by atoms with Crippen LogP contribution in [0.3, 0.4) is 0 Å². The Hall–Kier alpha value is -2.10. The number of aryl methyl sites for hydroxylation is 1. The molecule has 0 saturated carbocycles. The van der Waals surface area contributed by atoms with Crippen molar-refractivity contribution < 1.29 is 4.74 Å². The zero-order chi connectivity index (χ0) is 14.2. The van der Waals surface area contributed by atoms with Crippen LogP contribution >= 0.6 is 0 Å². The minimum Gasteiger partial charge on any atom is -0.488 e. The van der Waals surface area contributed by atoms with Crippen molar-refractivity contribution in [2.45, 2.75) is 33.3 Å². The molecule has 100 valence electrons. The van der Waals surface area contributed by atoms with Crippen LogP contribution in [0.4, 0.5) is 0 Å². The number of rotatable bonds is 2. The highest BCUT2D eigenvalue weighted by Crippen LogP contribution is 2.26. The van der Waals surface area contributed by atoms with Crippen LogP contribution in [0.15, 0.2) is 24.3 Å². The van der Waals surface area contributed by atoms with Crippen LogP contribution in [0.2, 0.25) is 0 Å². The Labute approximate surface area is 113 Å². The van der Waals surface area contributed by atoms with Crippen molar-refractivity contribution in [1.82, 2.24) is 4.98 Å². The molecule has 0 atom stereocenters. The number of aromatic nitrogens is 1. The Morgan fingerprint density at radius 3 is 2.53 bits per heavy atom. The molecule has 2 aromatic rings. The molecule has 19 heavy (non-hydrogen) atoms. The minimum atomic E-state index is -0.262. The van der Waals surface area contributed by atoms with Crippen molar-refractivity contribution in [3.63, 3.8) is 0 Å². The minimum absolute atomic E-state index is 0.0448. The lowest BCUT2D eigenvalue weighted by atomic mass is 10.1. The van der Waals surface area contributed by atoms with Gasteiger partial charge in [0.05, 0.1) is 5.52 Å². The first-order valence-corrected chi connectivity index (χ1v) is 6.21. The molecule has 0 aliphatic rings. The number of hydrogen-bond acceptors (Lipinski definition) is 3. The van der Waals surface area contributed by atoms with Gasteiger partial charge in [0.25, 0.3) is 0 Å². The van der Waals surface area contributed by atoms with Crippen LogP contribution in [0, 0.1) is 12.3 Å². The summed E-state index contributed by atoms with van der Waals surface area (Å²) in [4.78, 5) is 4.45. The molecular weight excluding hydrogens is 238 g/mol. The van der Waals surface area contributed by atoms with Crippen LogP contribution in [0.1, 0.15) is 32.0 Å². The second-order valence-corrected chi connectivity index (χ2v) is 5.62. The summed E-state index contributed by atoms with van der Waals surface area (Å²) in [6.45, 7) is 7.88. The van der Waals surface area contributed by atoms with Crippen LogP contribution < -0.4 is 10.5 Å². The number of benzene rings is 1. The summed E-state index contributed by atoms with van der Waals surface area (Å²) in [5.41, 5.74) is 7.75. The van der Waals surface area contributed by atoms with E-state index in [2.05, 4.69) is 4.98 Å². The fourth-order valence-corrected chi connectivity index (χ4v) is 1.98. The van der Waals surface area contributed by atoms with Gasteiger partial charge in [-0.05, 0) is 52.0 Å². The third-order valence-corrected chi connectivity index (χ3v) is 2.62. The summed E-state index contributed by atoms with van der Waals surface area (Å²) in [6.07, 6.45) is 0. The quantitative estimate of drug-likeness (QED) is 0.641. The van der Waals surface area contributed by atoms with Gasteiger partial charge in [0.2, 0.25) is 0 Å². The molecule has 0 aliphatic heterocycles. The molecule has 0 spiro atoms. The van der Waals surface area contributed by atoms with E-state index in [0.717, 1.165) is 22.3 Å². The number of nitrogen functional groups attached to an aromatic ring is 1. The molecule has 4 heteroatoms. The number of amidine groups is 1. The van der Waals surface area contributed by atoms with Gasteiger partial charge >= 0.3 is 0 Å². The van der Waals surface area contributed by atoms with Crippen molar-refractivity contribution in [3.05, 3.63) is 35.5 Å². The molecule has 1 heterocycles. The lowest BCUT2D eigenvalue weighted by Crippen LogP contribution is -2.23. The Balaban J connectivity index is 2.61. The smallest absolute Gasteiger partial charge is 0.123 e. The summed E-state index contributed by atoms with van der Waals surface area (Å²) < 4.78 is 5.84. The molecule has 0 saturated heterocycles. The zero-order valence-corrected chi connectivity index (χ0v) is 11.7. The summed E-state index contributed by atoms with van der Waals surface area (Å²) >= 11 is 0. The molecule has 0 unspecified atom stereocenters. The molecular formula is C15H19N3O. The van der Waals surface area contributed by atoms with Crippen LogP contribution in [-0.2, 0) is 0 Å². The van der Waals surface area contributed by atoms with Gasteiger partial charge in [0.1, 0.15) is 17.2 Å². The van der Waals surface area contributed by atoms with E-state index >= 15 is 0 Å². The fourth-order valence-electron chi connectivity index (χ4n) is 1.98. The van der Waals surface area contributed by atoms with E-state index in [-0.39, 0.29) is 11.4 Å². The van der Waals surface area contributed by atoms with Crippen molar-refractivity contribution in [2.24, 2.45) is 5.73 Å². The maximum Gasteiger partial charge on any atom is 0.123 e. The van der Waals surface area contributed by atoms with Crippen molar-refractivity contribution in [1.29, 1.82) is 5.41 Å². The molecule has 0 fully saturated rings. The second kappa shape index (κ2) is 4.53. The van der Waals surface area contributed by atoms with Crippen LogP contribution in [-0.4, -0.2) is 16.4 Å². The maximum absolute atomic E-state index is 7.67. The van der Waals surface area contributed by atoms with Gasteiger partial charge in [-0.25, -0.2) is 0 Å². The highest BCUT2D eigenvalue weighted by atomic mass is 16.5. The number of nitrogens with one attached hydrogen (secondary N) is 1. The van der Waals surface area contributed by atoms with Gasteiger partial charge in [-0.2, -0.15) is 0 Å². The molecule has 1 aromatic carbocycles. The lowest BCUT2D eigenvalue weighted by molar-refractivity contribution is 0.131. The maximum atomic E-state index is 7.67. The van der Waals surface area contributed by atoms with E-state index in [4.69, 9.17) is 15.9 Å². The van der Waals surface area contributed by atoms with Gasteiger partial charge in [0.15, 0.2) is 0 Å². The Bertz CT molecular complexity index is 642. The lowest BCUT2D eigenvalue weighted by Gasteiger charge is -2.21. The Kier molecular flexibility index (Phi) is 3.18. The third-order valence-electron chi connectivity index (χ3n) is 2.62. The van der Waals surface area contributed by atoms with Crippen LogP contribution in [0.25, 0.3) is 10.9 Å². The van der Waals surface area contributed by atoms with E-state index in [1.807, 2.05) is 52.0 Å². The summed E-state index contributed by atoms with van der Waals surface area (Å²) in [7, 11) is 0. The first-order chi connectivity index (χ1) is 8.76. The summed E-state index contributed by atoms with van der Waals surface area (Å²) in [5, 5.41) is 8.52. The number of pyridine rings is 1. The standard InChI is InChI=1S/C15H19N3O/c1-9-7-12(14(16)17)11-8-10(19-15(2,3)4)5-6-13(11)18-9/h5-8H,1-4H3,(H3,16,17). The molecule has 4 nitrogen and oxygen atoms in total. The van der Waals surface area contributed by atoms with Crippen molar-refractivity contribution in [3.8, 4) is 5.75 Å². The van der Waals surface area contributed by atoms with E-state index in [0.29, 0.717) is 5.56 Å². The molecule has 0 aliphatic carbocycles. The van der Waals surface area contributed by atoms with Gasteiger partial charge in [-0.1, -0.05) is 0 Å². The van der Waals surface area contributed by atoms with E-state index in [1.54, 1.807) is 0 Å². The largest absolute Gasteiger partial charge is 0.488 e. The number of ether oxygens (including phenoxy) is 1. The Morgan fingerprint density at radius 1 is 1.26 bits per heavy atom. The molecule has 0 radical (unpaired) electrons. The zero-order valence-electron chi connectivity index (χ0n) is 11.7. The fraction of sp³-hybridized carbons (Fsp3) is 0.333. The van der Waals surface area contributed by atoms with Gasteiger partial charge in [-0.3, -0.25) is 10.4 Å². The highest BCUT2D eigenvalue weighted by molar-refractivity contribution is 6.07. The first kappa shape index (κ1) is 13.3. The normalized spacial score (nSPS) is 11.6. The number of hydrogen-bond donors (Lipinski definition) is 2. The number of fused-ring (bicyclic) bond motifs is 1. The summed E-state index contributed by atoms with van der Waals surface area (Å²) in [5.74, 6) is 0.802. The second-order valence-electron chi connectivity index (χ2n) is 5.62. The first-order valence-electron chi connectivity index (χ1n) is 6.21. The molecule has 0 amide bonds. The van der Waals surface area contributed by atoms with Gasteiger partial charge < -0.3 is 10.5 Å². The van der Waals surface area contributed by atoms with E-state index < -0.39 is 0 Å². The average Bonchev–Trinajstić information content (AvgIpc) is 2.26. The Morgan fingerprint density at radius 2 is 1.95 bits per heavy atom. The third kappa shape index (κ3) is 3.02. The molecule has 1 aromatic heterocycles. The van der Waals surface area contributed by atoms with E-state index in [9.17, 15) is 0 Å². The monoisotopic (exact) mass is 257 g/mol. The SMILES string of the molecule is Cc1cc(C(=N)N)c2cc(OC(C)(C)C)ccc2n1. The van der Waals surface area contributed by atoms with E-state index in [1.165, 1.54) is 0 Å². The average molecular weight is 257 g/mol. The number of nitrogens with zero attached hydrogens (tertiary/aromatic N) is 1. The van der Waals surface area contributed by atoms with Crippen molar-refractivity contribution in [2.75, 3.05) is 0 Å². The predicted octanol–water partition coefficient (Wildman–Crippen LogP) is 3.00. The highest BCUT2D eigenvalue weighted by Gasteiger charge is 2.13. The molecule has 2 rings (SSSR count). The summed E-state index contributed by atoms with van der Waals surface area (Å²) in [6, 6.07) is 7.51. The van der Waals surface area contributed by atoms with Crippen molar-refractivity contribution >= 4 is 16.7 Å². The predicted molar refractivity (Wildman–Crippen MR) is 77.9 cm³/mol. The topological polar surface area (TPSA) is 72.0 Å². The molecule has 0 bridgehead atoms. The molecule has 3 N–H and O–H groups in total. The van der Waals surface area contributed by atoms with Crippen LogP contribution in [0.5, 0.6) is 5.75 Å².